The molecule has 3 aliphatic rings. The molecule has 0 radical (unpaired) electrons. The van der Waals surface area contributed by atoms with Gasteiger partial charge < -0.3 is 9.80 Å². The highest BCUT2D eigenvalue weighted by molar-refractivity contribution is 8.18. The fourth-order valence-corrected chi connectivity index (χ4v) is 9.62. The molecule has 2 aromatic heterocycles. The zero-order valence-electron chi connectivity index (χ0n) is 22.4. The van der Waals surface area contributed by atoms with Crippen molar-refractivity contribution in [2.45, 2.75) is 67.6 Å². The first kappa shape index (κ1) is 26.9. The Kier molecular flexibility index (Phi) is 6.67. The number of nitrogens with zero attached hydrogens (tertiary/aromatic N) is 5. The number of alkyl halides is 3. The molecule has 1 aliphatic carbocycles. The summed E-state index contributed by atoms with van der Waals surface area (Å²) in [6.07, 6.45) is 0.403. The molecule has 1 aromatic carbocycles. The Balaban J connectivity index is 1.56. The zero-order valence-corrected chi connectivity index (χ0v) is 23.3. The molecule has 2 fully saturated rings. The van der Waals surface area contributed by atoms with E-state index in [1.807, 2.05) is 36.9 Å². The molecular formula is C29H32F3N5O2S. The van der Waals surface area contributed by atoms with Crippen molar-refractivity contribution in [1.29, 1.82) is 0 Å². The minimum Gasteiger partial charge on any atom is -0.352 e. The maximum Gasteiger partial charge on any atom is 0.416 e. The van der Waals surface area contributed by atoms with E-state index in [2.05, 4.69) is 16.5 Å². The van der Waals surface area contributed by atoms with Crippen molar-refractivity contribution in [3.8, 4) is 0 Å². The monoisotopic (exact) mass is 571 g/mol. The van der Waals surface area contributed by atoms with Crippen LogP contribution < -0.4 is 10.6 Å². The van der Waals surface area contributed by atoms with Crippen molar-refractivity contribution in [2.75, 3.05) is 23.7 Å². The topological polar surface area (TPSA) is 71.3 Å². The second kappa shape index (κ2) is 9.94. The average Bonchev–Trinajstić information content (AvgIpc) is 3.77. The fourth-order valence-electron chi connectivity index (χ4n) is 6.36. The second-order valence-electron chi connectivity index (χ2n) is 11.1. The third-order valence-electron chi connectivity index (χ3n) is 8.23. The van der Waals surface area contributed by atoms with Crippen molar-refractivity contribution < 1.29 is 18.0 Å². The largest absolute Gasteiger partial charge is 0.416 e. The molecule has 1 amide bonds. The molecule has 3 aromatic rings. The number of aromatic nitrogens is 3. The summed E-state index contributed by atoms with van der Waals surface area (Å²) in [5, 5.41) is 0.682. The maximum absolute atomic E-state index is 14.3. The van der Waals surface area contributed by atoms with E-state index in [1.54, 1.807) is 15.7 Å². The van der Waals surface area contributed by atoms with Gasteiger partial charge in [0.05, 0.1) is 11.1 Å². The maximum atomic E-state index is 14.3. The van der Waals surface area contributed by atoms with Crippen LogP contribution in [0.2, 0.25) is 0 Å². The predicted octanol–water partition coefficient (Wildman–Crippen LogP) is 4.74. The number of anilines is 1. The SMILES string of the molecule is C=CC(=O)N1[C@H](C)CN(c2nc(=O)n3c4c(cc(C(F)(F)F)cc24)[SH](C2CC2)C[C@@H](c2ccccn2)C3)C[C@@H]1C. The molecule has 0 N–H and O–H groups in total. The number of carbonyl (C=O) groups is 1. The van der Waals surface area contributed by atoms with E-state index < -0.39 is 28.3 Å². The Morgan fingerprint density at radius 1 is 1.12 bits per heavy atom. The molecular weight excluding hydrogens is 539 g/mol. The number of hydrogen-bond donors (Lipinski definition) is 1. The van der Waals surface area contributed by atoms with Crippen molar-refractivity contribution in [2.24, 2.45) is 0 Å². The molecule has 11 heteroatoms. The molecule has 212 valence electrons. The van der Waals surface area contributed by atoms with Crippen molar-refractivity contribution in [3.05, 3.63) is 70.9 Å². The smallest absolute Gasteiger partial charge is 0.352 e. The van der Waals surface area contributed by atoms with E-state index in [9.17, 15) is 22.8 Å². The number of hydrogen-bond acceptors (Lipinski definition) is 5. The lowest BCUT2D eigenvalue weighted by Crippen LogP contribution is -2.58. The van der Waals surface area contributed by atoms with Gasteiger partial charge >= 0.3 is 11.9 Å². The Hall–Kier alpha value is -3.34. The summed E-state index contributed by atoms with van der Waals surface area (Å²) in [5.74, 6) is 0.642. The van der Waals surface area contributed by atoms with E-state index in [4.69, 9.17) is 0 Å². The normalized spacial score (nSPS) is 26.0. The fraction of sp³-hybridized carbons (Fsp3) is 0.448. The number of halogens is 3. The Morgan fingerprint density at radius 2 is 1.85 bits per heavy atom. The van der Waals surface area contributed by atoms with Gasteiger partial charge in [-0.3, -0.25) is 14.3 Å². The minimum atomic E-state index is -4.55. The second-order valence-corrected chi connectivity index (χ2v) is 13.6. The summed E-state index contributed by atoms with van der Waals surface area (Å²) in [6.45, 7) is 8.37. The molecule has 4 atom stereocenters. The van der Waals surface area contributed by atoms with Gasteiger partial charge in [0.25, 0.3) is 0 Å². The average molecular weight is 572 g/mol. The van der Waals surface area contributed by atoms with Crippen LogP contribution >= 0.6 is 10.9 Å². The van der Waals surface area contributed by atoms with Crippen LogP contribution in [-0.4, -0.2) is 61.5 Å². The van der Waals surface area contributed by atoms with Crippen LogP contribution in [0.4, 0.5) is 19.0 Å². The third kappa shape index (κ3) is 4.67. The summed E-state index contributed by atoms with van der Waals surface area (Å²) in [6, 6.07) is 7.63. The summed E-state index contributed by atoms with van der Waals surface area (Å²) in [4.78, 5) is 39.4. The number of pyridine rings is 1. The van der Waals surface area contributed by atoms with Crippen molar-refractivity contribution >= 4 is 33.5 Å². The van der Waals surface area contributed by atoms with Gasteiger partial charge in [-0.05, 0) is 68.0 Å². The molecule has 1 unspecified atom stereocenters. The Labute approximate surface area is 233 Å². The van der Waals surface area contributed by atoms with Crippen LogP contribution in [0.15, 0.2) is 58.9 Å². The van der Waals surface area contributed by atoms with E-state index in [0.717, 1.165) is 24.6 Å². The number of benzene rings is 1. The highest BCUT2D eigenvalue weighted by atomic mass is 32.2. The summed E-state index contributed by atoms with van der Waals surface area (Å²) in [7, 11) is -0.966. The van der Waals surface area contributed by atoms with Gasteiger partial charge in [-0.2, -0.15) is 18.2 Å². The van der Waals surface area contributed by atoms with Gasteiger partial charge in [0.15, 0.2) is 0 Å². The summed E-state index contributed by atoms with van der Waals surface area (Å²) < 4.78 is 44.6. The van der Waals surface area contributed by atoms with Crippen LogP contribution in [0.25, 0.3) is 10.9 Å². The number of amides is 1. The standard InChI is InChI=1S/C29H32F3N5O2S/c1-4-25(38)37-17(2)13-35(14-18(37)3)27-22-11-20(29(30,31)32)12-24-26(22)36(28(39)34-27)15-19(16-40(24)21-8-9-21)23-7-5-6-10-33-23/h4-7,10-12,17-19,21,40H,1,8-9,13-16H2,2-3H3/t17-,18+,19-/m0/s1. The molecule has 6 rings (SSSR count). The van der Waals surface area contributed by atoms with Crippen molar-refractivity contribution in [1.82, 2.24) is 19.4 Å². The van der Waals surface area contributed by atoms with Crippen LogP contribution in [0.1, 0.15) is 43.9 Å². The number of carbonyl (C=O) groups excluding carboxylic acids is 1. The van der Waals surface area contributed by atoms with E-state index in [1.165, 1.54) is 12.1 Å². The molecule has 7 nitrogen and oxygen atoms in total. The minimum absolute atomic E-state index is 0.100. The van der Waals surface area contributed by atoms with Gasteiger partial charge in [-0.25, -0.2) is 15.7 Å². The van der Waals surface area contributed by atoms with Gasteiger partial charge in [0.1, 0.15) is 5.82 Å². The first-order valence-electron chi connectivity index (χ1n) is 13.6. The van der Waals surface area contributed by atoms with Crippen LogP contribution in [-0.2, 0) is 17.5 Å². The molecule has 4 heterocycles. The first-order chi connectivity index (χ1) is 19.1. The first-order valence-corrected chi connectivity index (χ1v) is 15.2. The lowest BCUT2D eigenvalue weighted by Gasteiger charge is -2.44. The van der Waals surface area contributed by atoms with Gasteiger partial charge in [0, 0.05) is 59.8 Å². The van der Waals surface area contributed by atoms with Crippen LogP contribution in [0.3, 0.4) is 0 Å². The highest BCUT2D eigenvalue weighted by Gasteiger charge is 2.40. The number of rotatable bonds is 4. The van der Waals surface area contributed by atoms with E-state index in [-0.39, 0.29) is 29.7 Å². The number of thiol groups is 1. The molecule has 0 spiro atoms. The molecule has 0 bridgehead atoms. The van der Waals surface area contributed by atoms with Crippen molar-refractivity contribution in [3.63, 3.8) is 0 Å². The Morgan fingerprint density at radius 3 is 2.45 bits per heavy atom. The Bertz CT molecular complexity index is 1530. The van der Waals surface area contributed by atoms with Gasteiger partial charge in [-0.15, -0.1) is 0 Å². The molecule has 1 saturated carbocycles. The molecule has 2 aliphatic heterocycles. The lowest BCUT2D eigenvalue weighted by atomic mass is 10.0. The zero-order chi connectivity index (χ0) is 28.3. The van der Waals surface area contributed by atoms with Gasteiger partial charge in [-0.1, -0.05) is 12.6 Å². The molecule has 1 saturated heterocycles. The third-order valence-corrected chi connectivity index (χ3v) is 11.4. The quantitative estimate of drug-likeness (QED) is 0.362. The van der Waals surface area contributed by atoms with E-state index in [0.29, 0.717) is 46.4 Å². The predicted molar refractivity (Wildman–Crippen MR) is 151 cm³/mol. The lowest BCUT2D eigenvalue weighted by molar-refractivity contribution is -0.137. The summed E-state index contributed by atoms with van der Waals surface area (Å²) >= 11 is 0. The van der Waals surface area contributed by atoms with Crippen LogP contribution in [0, 0.1) is 0 Å². The molecule has 40 heavy (non-hydrogen) atoms. The van der Waals surface area contributed by atoms with Gasteiger partial charge in [0.2, 0.25) is 5.91 Å². The summed E-state index contributed by atoms with van der Waals surface area (Å²) in [5.41, 5.74) is 0.231. The number of piperazine rings is 1. The van der Waals surface area contributed by atoms with E-state index >= 15 is 0 Å². The van der Waals surface area contributed by atoms with Crippen LogP contribution in [0.5, 0.6) is 0 Å². The highest BCUT2D eigenvalue weighted by Crippen LogP contribution is 2.58.